The number of benzene rings is 2. The minimum Gasteiger partial charge on any atom is -0.319 e. The number of hydrogen-bond donors (Lipinski definition) is 0. The van der Waals surface area contributed by atoms with Gasteiger partial charge in [-0.3, -0.25) is 4.79 Å². The molecule has 1 fully saturated rings. The highest BCUT2D eigenvalue weighted by Crippen LogP contribution is 2.26. The van der Waals surface area contributed by atoms with Gasteiger partial charge in [0.2, 0.25) is 10.0 Å². The second-order valence-corrected chi connectivity index (χ2v) is 10.9. The number of carbonyl (C=O) groups excluding carboxylic acids is 1. The lowest BCUT2D eigenvalue weighted by Crippen LogP contribution is -2.42. The first kappa shape index (κ1) is 21.2. The van der Waals surface area contributed by atoms with Gasteiger partial charge < -0.3 is 4.57 Å². The van der Waals surface area contributed by atoms with Crippen molar-refractivity contribution in [3.8, 4) is 0 Å². The van der Waals surface area contributed by atoms with Crippen molar-refractivity contribution in [2.75, 3.05) is 13.1 Å². The molecule has 4 rings (SSSR count). The lowest BCUT2D eigenvalue weighted by atomic mass is 9.99. The van der Waals surface area contributed by atoms with Gasteiger partial charge in [-0.2, -0.15) is 9.30 Å². The standard InChI is InChI=1S/C21H22ClN3O3S2/c1-14-5-3-7-18-19(14)24(2)21(29-18)23-20(26)15-6-4-12-25(13-15)30(27,28)17-10-8-16(22)9-11-17/h3,5,7-11,15H,4,6,12-13H2,1-2H3. The molecule has 30 heavy (non-hydrogen) atoms. The van der Waals surface area contributed by atoms with E-state index in [1.165, 1.54) is 27.8 Å². The minimum atomic E-state index is -3.67. The maximum Gasteiger partial charge on any atom is 0.252 e. The fourth-order valence-corrected chi connectivity index (χ4v) is 6.56. The van der Waals surface area contributed by atoms with Crippen LogP contribution in [-0.2, 0) is 21.9 Å². The molecule has 6 nitrogen and oxygen atoms in total. The predicted molar refractivity (Wildman–Crippen MR) is 119 cm³/mol. The third kappa shape index (κ3) is 3.97. The van der Waals surface area contributed by atoms with Gasteiger partial charge in [0.25, 0.3) is 5.91 Å². The number of carbonyl (C=O) groups is 1. The van der Waals surface area contributed by atoms with Crippen LogP contribution in [0.2, 0.25) is 5.02 Å². The number of para-hydroxylation sites is 1. The van der Waals surface area contributed by atoms with E-state index in [9.17, 15) is 13.2 Å². The molecule has 9 heteroatoms. The first-order chi connectivity index (χ1) is 14.3. The van der Waals surface area contributed by atoms with Crippen molar-refractivity contribution in [1.82, 2.24) is 8.87 Å². The van der Waals surface area contributed by atoms with Gasteiger partial charge in [-0.1, -0.05) is 35.1 Å². The molecule has 1 amide bonds. The summed E-state index contributed by atoms with van der Waals surface area (Å²) in [4.78, 5) is 18.1. The van der Waals surface area contributed by atoms with Gasteiger partial charge in [-0.25, -0.2) is 8.42 Å². The molecule has 2 aromatic carbocycles. The Morgan fingerprint density at radius 1 is 1.20 bits per heavy atom. The molecule has 0 bridgehead atoms. The van der Waals surface area contributed by atoms with Gasteiger partial charge in [0.1, 0.15) is 0 Å². The van der Waals surface area contributed by atoms with Crippen LogP contribution < -0.4 is 4.80 Å². The molecule has 1 aliphatic heterocycles. The van der Waals surface area contributed by atoms with Gasteiger partial charge in [-0.05, 0) is 55.7 Å². The van der Waals surface area contributed by atoms with Crippen molar-refractivity contribution in [2.45, 2.75) is 24.7 Å². The number of aromatic nitrogens is 1. The Bertz CT molecular complexity index is 1280. The highest BCUT2D eigenvalue weighted by atomic mass is 35.5. The number of aryl methyl sites for hydroxylation is 2. The molecule has 0 radical (unpaired) electrons. The normalized spacial score (nSPS) is 18.8. The van der Waals surface area contributed by atoms with E-state index >= 15 is 0 Å². The van der Waals surface area contributed by atoms with E-state index in [0.29, 0.717) is 29.2 Å². The molecule has 0 aliphatic carbocycles. The van der Waals surface area contributed by atoms with E-state index in [2.05, 4.69) is 4.99 Å². The lowest BCUT2D eigenvalue weighted by Gasteiger charge is -2.30. The van der Waals surface area contributed by atoms with Gasteiger partial charge in [0, 0.05) is 25.2 Å². The lowest BCUT2D eigenvalue weighted by molar-refractivity contribution is -0.122. The summed E-state index contributed by atoms with van der Waals surface area (Å²) in [7, 11) is -1.78. The molecule has 3 aromatic rings. The summed E-state index contributed by atoms with van der Waals surface area (Å²) in [6.07, 6.45) is 1.25. The largest absolute Gasteiger partial charge is 0.319 e. The maximum absolute atomic E-state index is 13.0. The number of rotatable bonds is 3. The van der Waals surface area contributed by atoms with Gasteiger partial charge in [-0.15, -0.1) is 0 Å². The van der Waals surface area contributed by atoms with Crippen LogP contribution >= 0.6 is 22.9 Å². The average molecular weight is 464 g/mol. The fraction of sp³-hybridized carbons (Fsp3) is 0.333. The molecule has 2 heterocycles. The van der Waals surface area contributed by atoms with E-state index in [-0.39, 0.29) is 17.3 Å². The van der Waals surface area contributed by atoms with Crippen LogP contribution in [0.5, 0.6) is 0 Å². The topological polar surface area (TPSA) is 71.7 Å². The number of halogens is 1. The highest BCUT2D eigenvalue weighted by molar-refractivity contribution is 7.89. The van der Waals surface area contributed by atoms with E-state index in [0.717, 1.165) is 15.8 Å². The molecule has 1 unspecified atom stereocenters. The fourth-order valence-electron chi connectivity index (χ4n) is 3.81. The average Bonchev–Trinajstić information content (AvgIpc) is 3.05. The molecular weight excluding hydrogens is 442 g/mol. The predicted octanol–water partition coefficient (Wildman–Crippen LogP) is 3.73. The summed E-state index contributed by atoms with van der Waals surface area (Å²) >= 11 is 7.34. The number of piperidine rings is 1. The molecular formula is C21H22ClN3O3S2. The molecule has 0 N–H and O–H groups in total. The van der Waals surface area contributed by atoms with Crippen LogP contribution in [0.25, 0.3) is 10.2 Å². The number of fused-ring (bicyclic) bond motifs is 1. The number of nitrogens with zero attached hydrogens (tertiary/aromatic N) is 3. The molecule has 1 aliphatic rings. The van der Waals surface area contributed by atoms with Crippen molar-refractivity contribution >= 4 is 49.1 Å². The van der Waals surface area contributed by atoms with Gasteiger partial charge >= 0.3 is 0 Å². The van der Waals surface area contributed by atoms with Crippen molar-refractivity contribution in [3.63, 3.8) is 0 Å². The molecule has 1 atom stereocenters. The zero-order valence-electron chi connectivity index (χ0n) is 16.7. The Kier molecular flexibility index (Phi) is 5.85. The third-order valence-electron chi connectivity index (χ3n) is 5.41. The van der Waals surface area contributed by atoms with Crippen molar-refractivity contribution in [2.24, 2.45) is 18.0 Å². The van der Waals surface area contributed by atoms with E-state index < -0.39 is 15.9 Å². The summed E-state index contributed by atoms with van der Waals surface area (Å²) in [5.41, 5.74) is 2.18. The summed E-state index contributed by atoms with van der Waals surface area (Å²) in [6.45, 7) is 2.56. The first-order valence-electron chi connectivity index (χ1n) is 9.67. The Morgan fingerprint density at radius 3 is 2.63 bits per heavy atom. The number of amides is 1. The number of hydrogen-bond acceptors (Lipinski definition) is 4. The Labute approximate surface area is 184 Å². The van der Waals surface area contributed by atoms with E-state index in [1.54, 1.807) is 12.1 Å². The second-order valence-electron chi connectivity index (χ2n) is 7.47. The molecule has 1 saturated heterocycles. The zero-order valence-corrected chi connectivity index (χ0v) is 19.1. The molecule has 0 saturated carbocycles. The Morgan fingerprint density at radius 2 is 1.93 bits per heavy atom. The maximum atomic E-state index is 13.0. The SMILES string of the molecule is Cc1cccc2sc(=NC(=O)C3CCCN(S(=O)(=O)c4ccc(Cl)cc4)C3)n(C)c12. The van der Waals surface area contributed by atoms with E-state index in [1.807, 2.05) is 36.7 Å². The smallest absolute Gasteiger partial charge is 0.252 e. The summed E-state index contributed by atoms with van der Waals surface area (Å²) in [6, 6.07) is 12.1. The van der Waals surface area contributed by atoms with Crippen LogP contribution in [-0.4, -0.2) is 36.3 Å². The van der Waals surface area contributed by atoms with Crippen LogP contribution in [0.1, 0.15) is 18.4 Å². The van der Waals surface area contributed by atoms with Crippen LogP contribution in [0.15, 0.2) is 52.4 Å². The monoisotopic (exact) mass is 463 g/mol. The van der Waals surface area contributed by atoms with Crippen molar-refractivity contribution in [3.05, 3.63) is 57.9 Å². The van der Waals surface area contributed by atoms with Crippen molar-refractivity contribution in [1.29, 1.82) is 0 Å². The second kappa shape index (κ2) is 8.26. The number of sulfonamides is 1. The Balaban J connectivity index is 1.60. The van der Waals surface area contributed by atoms with Crippen LogP contribution in [0.3, 0.4) is 0 Å². The highest BCUT2D eigenvalue weighted by Gasteiger charge is 2.33. The summed E-state index contributed by atoms with van der Waals surface area (Å²) in [5.74, 6) is -0.724. The molecule has 0 spiro atoms. The summed E-state index contributed by atoms with van der Waals surface area (Å²) < 4.78 is 30.3. The Hall–Kier alpha value is -2.00. The summed E-state index contributed by atoms with van der Waals surface area (Å²) in [5, 5.41) is 0.478. The van der Waals surface area contributed by atoms with Gasteiger partial charge in [0.15, 0.2) is 4.80 Å². The van der Waals surface area contributed by atoms with Crippen LogP contribution in [0.4, 0.5) is 0 Å². The van der Waals surface area contributed by atoms with Crippen molar-refractivity contribution < 1.29 is 13.2 Å². The zero-order chi connectivity index (χ0) is 21.5. The first-order valence-corrected chi connectivity index (χ1v) is 12.3. The molecule has 158 valence electrons. The third-order valence-corrected chi connectivity index (χ3v) is 8.64. The molecule has 1 aromatic heterocycles. The quantitative estimate of drug-likeness (QED) is 0.594. The minimum absolute atomic E-state index is 0.140. The van der Waals surface area contributed by atoms with Gasteiger partial charge in [0.05, 0.1) is 21.0 Å². The number of thiazole rings is 1. The van der Waals surface area contributed by atoms with Crippen LogP contribution in [0, 0.1) is 12.8 Å². The van der Waals surface area contributed by atoms with E-state index in [4.69, 9.17) is 11.6 Å².